The van der Waals surface area contributed by atoms with E-state index in [1.807, 2.05) is 6.26 Å². The van der Waals surface area contributed by atoms with Crippen LogP contribution in [0, 0.1) is 5.82 Å². The average molecular weight is 285 g/mol. The summed E-state index contributed by atoms with van der Waals surface area (Å²) in [6, 6.07) is 4.45. The van der Waals surface area contributed by atoms with Crippen LogP contribution in [-0.2, 0) is 9.53 Å². The second-order valence-electron chi connectivity index (χ2n) is 3.84. The second-order valence-corrected chi connectivity index (χ2v) is 4.82. The molecule has 19 heavy (non-hydrogen) atoms. The van der Waals surface area contributed by atoms with Gasteiger partial charge in [0.1, 0.15) is 11.9 Å². The summed E-state index contributed by atoms with van der Waals surface area (Å²) in [5.74, 6) is -0.590. The molecule has 1 aromatic carbocycles. The third kappa shape index (κ3) is 4.90. The highest BCUT2D eigenvalue weighted by Gasteiger charge is 2.21. The number of halogens is 1. The van der Waals surface area contributed by atoms with Crippen LogP contribution in [0.2, 0.25) is 0 Å². The molecule has 1 N–H and O–H groups in total. The largest absolute Gasteiger partial charge is 0.467 e. The van der Waals surface area contributed by atoms with E-state index in [0.29, 0.717) is 12.0 Å². The lowest BCUT2D eigenvalue weighted by Crippen LogP contribution is -2.41. The van der Waals surface area contributed by atoms with Crippen molar-refractivity contribution >= 4 is 23.6 Å². The van der Waals surface area contributed by atoms with Crippen molar-refractivity contribution in [1.82, 2.24) is 5.32 Å². The Labute approximate surface area is 115 Å². The number of nitrogens with one attached hydrogen (secondary N) is 1. The molecule has 0 spiro atoms. The highest BCUT2D eigenvalue weighted by Crippen LogP contribution is 2.06. The molecule has 0 bridgehead atoms. The van der Waals surface area contributed by atoms with Crippen molar-refractivity contribution in [1.29, 1.82) is 0 Å². The highest BCUT2D eigenvalue weighted by atomic mass is 32.2. The Hall–Kier alpha value is -1.56. The molecule has 0 heterocycles. The highest BCUT2D eigenvalue weighted by molar-refractivity contribution is 7.98. The maximum Gasteiger partial charge on any atom is 0.328 e. The Morgan fingerprint density at radius 1 is 1.37 bits per heavy atom. The monoisotopic (exact) mass is 285 g/mol. The lowest BCUT2D eigenvalue weighted by atomic mass is 10.1. The minimum Gasteiger partial charge on any atom is -0.467 e. The molecule has 0 radical (unpaired) electrons. The van der Waals surface area contributed by atoms with Crippen LogP contribution >= 0.6 is 11.8 Å². The normalized spacial score (nSPS) is 11.7. The molecule has 0 fully saturated rings. The lowest BCUT2D eigenvalue weighted by molar-refractivity contribution is -0.142. The first-order valence-electron chi connectivity index (χ1n) is 5.71. The fourth-order valence-electron chi connectivity index (χ4n) is 1.47. The third-order valence-corrected chi connectivity index (χ3v) is 3.15. The Bertz CT molecular complexity index is 436. The van der Waals surface area contributed by atoms with E-state index in [-0.39, 0.29) is 0 Å². The van der Waals surface area contributed by atoms with Crippen LogP contribution in [0.15, 0.2) is 24.3 Å². The molecule has 6 heteroatoms. The number of hydrogen-bond donors (Lipinski definition) is 1. The molecule has 1 amide bonds. The zero-order valence-electron chi connectivity index (χ0n) is 10.8. The Morgan fingerprint density at radius 3 is 2.53 bits per heavy atom. The van der Waals surface area contributed by atoms with E-state index in [4.69, 9.17) is 0 Å². The maximum atomic E-state index is 12.8. The molecular weight excluding hydrogens is 269 g/mol. The molecule has 1 rings (SSSR count). The number of amides is 1. The molecule has 104 valence electrons. The van der Waals surface area contributed by atoms with Gasteiger partial charge < -0.3 is 10.1 Å². The van der Waals surface area contributed by atoms with Crippen LogP contribution < -0.4 is 5.32 Å². The van der Waals surface area contributed by atoms with Crippen LogP contribution in [0.4, 0.5) is 4.39 Å². The fraction of sp³-hybridized carbons (Fsp3) is 0.385. The molecule has 0 aliphatic carbocycles. The number of rotatable bonds is 6. The molecule has 1 unspecified atom stereocenters. The van der Waals surface area contributed by atoms with Gasteiger partial charge in [-0.05, 0) is 42.7 Å². The number of methoxy groups -OCH3 is 1. The van der Waals surface area contributed by atoms with Gasteiger partial charge in [0.25, 0.3) is 5.91 Å². The standard InChI is InChI=1S/C13H16FNO3S/c1-18-13(17)11(7-8-19-2)15-12(16)9-3-5-10(14)6-4-9/h3-6,11H,7-8H2,1-2H3,(H,15,16). The van der Waals surface area contributed by atoms with Gasteiger partial charge in [-0.3, -0.25) is 4.79 Å². The van der Waals surface area contributed by atoms with Crippen LogP contribution in [-0.4, -0.2) is 37.0 Å². The molecule has 0 saturated carbocycles. The van der Waals surface area contributed by atoms with Gasteiger partial charge in [0.2, 0.25) is 0 Å². The molecular formula is C13H16FNO3S. The second kappa shape index (κ2) is 7.78. The van der Waals surface area contributed by atoms with E-state index in [0.717, 1.165) is 5.75 Å². The zero-order chi connectivity index (χ0) is 14.3. The number of carbonyl (C=O) groups excluding carboxylic acids is 2. The van der Waals surface area contributed by atoms with Crippen molar-refractivity contribution in [3.8, 4) is 0 Å². The summed E-state index contributed by atoms with van der Waals surface area (Å²) in [6.07, 6.45) is 2.40. The summed E-state index contributed by atoms with van der Waals surface area (Å²) in [4.78, 5) is 23.4. The molecule has 0 aliphatic heterocycles. The van der Waals surface area contributed by atoms with Crippen LogP contribution in [0.1, 0.15) is 16.8 Å². The summed E-state index contributed by atoms with van der Waals surface area (Å²) in [6.45, 7) is 0. The first-order valence-corrected chi connectivity index (χ1v) is 7.11. The van der Waals surface area contributed by atoms with Gasteiger partial charge in [-0.1, -0.05) is 0 Å². The molecule has 0 saturated heterocycles. The molecule has 1 atom stereocenters. The van der Waals surface area contributed by atoms with E-state index in [9.17, 15) is 14.0 Å². The fourth-order valence-corrected chi connectivity index (χ4v) is 1.94. The van der Waals surface area contributed by atoms with E-state index in [1.165, 1.54) is 31.4 Å². The van der Waals surface area contributed by atoms with Gasteiger partial charge in [0, 0.05) is 5.56 Å². The van der Waals surface area contributed by atoms with Crippen molar-refractivity contribution < 1.29 is 18.7 Å². The van der Waals surface area contributed by atoms with Crippen molar-refractivity contribution in [2.24, 2.45) is 0 Å². The summed E-state index contributed by atoms with van der Waals surface area (Å²) < 4.78 is 17.4. The average Bonchev–Trinajstić information content (AvgIpc) is 2.43. The topological polar surface area (TPSA) is 55.4 Å². The minimum atomic E-state index is -0.685. The van der Waals surface area contributed by atoms with E-state index < -0.39 is 23.7 Å². The summed E-state index contributed by atoms with van der Waals surface area (Å²) >= 11 is 1.57. The lowest BCUT2D eigenvalue weighted by Gasteiger charge is -2.16. The first-order chi connectivity index (χ1) is 9.08. The number of hydrogen-bond acceptors (Lipinski definition) is 4. The van der Waals surface area contributed by atoms with Gasteiger partial charge in [-0.2, -0.15) is 11.8 Å². The number of thioether (sulfide) groups is 1. The SMILES string of the molecule is COC(=O)C(CCSC)NC(=O)c1ccc(F)cc1. The predicted octanol–water partition coefficient (Wildman–Crippen LogP) is 1.85. The van der Waals surface area contributed by atoms with Crippen LogP contribution in [0.5, 0.6) is 0 Å². The van der Waals surface area contributed by atoms with Gasteiger partial charge in [0.05, 0.1) is 7.11 Å². The number of benzene rings is 1. The first kappa shape index (κ1) is 15.5. The Balaban J connectivity index is 2.69. The summed E-state index contributed by atoms with van der Waals surface area (Å²) in [7, 11) is 1.28. The number of carbonyl (C=O) groups is 2. The van der Waals surface area contributed by atoms with E-state index in [2.05, 4.69) is 10.1 Å². The Morgan fingerprint density at radius 2 is 2.00 bits per heavy atom. The summed E-state index contributed by atoms with van der Waals surface area (Å²) in [5.41, 5.74) is 0.305. The number of ether oxygens (including phenoxy) is 1. The van der Waals surface area contributed by atoms with E-state index >= 15 is 0 Å². The Kier molecular flexibility index (Phi) is 6.35. The minimum absolute atomic E-state index is 0.305. The molecule has 4 nitrogen and oxygen atoms in total. The van der Waals surface area contributed by atoms with Gasteiger partial charge in [-0.15, -0.1) is 0 Å². The van der Waals surface area contributed by atoms with Gasteiger partial charge in [-0.25, -0.2) is 9.18 Å². The van der Waals surface area contributed by atoms with Crippen molar-refractivity contribution in [2.45, 2.75) is 12.5 Å². The molecule has 0 aliphatic rings. The molecule has 0 aromatic heterocycles. The van der Waals surface area contributed by atoms with Crippen molar-refractivity contribution in [3.05, 3.63) is 35.6 Å². The predicted molar refractivity (Wildman–Crippen MR) is 72.7 cm³/mol. The van der Waals surface area contributed by atoms with Crippen LogP contribution in [0.3, 0.4) is 0 Å². The van der Waals surface area contributed by atoms with E-state index in [1.54, 1.807) is 11.8 Å². The molecule has 1 aromatic rings. The van der Waals surface area contributed by atoms with Crippen LogP contribution in [0.25, 0.3) is 0 Å². The maximum absolute atomic E-state index is 12.8. The zero-order valence-corrected chi connectivity index (χ0v) is 11.6. The smallest absolute Gasteiger partial charge is 0.328 e. The van der Waals surface area contributed by atoms with Gasteiger partial charge >= 0.3 is 5.97 Å². The summed E-state index contributed by atoms with van der Waals surface area (Å²) in [5, 5.41) is 2.59. The van der Waals surface area contributed by atoms with Gasteiger partial charge in [0.15, 0.2) is 0 Å². The number of esters is 1. The quantitative estimate of drug-likeness (QED) is 0.810. The third-order valence-electron chi connectivity index (χ3n) is 2.51. The van der Waals surface area contributed by atoms with Crippen molar-refractivity contribution in [3.63, 3.8) is 0 Å². The van der Waals surface area contributed by atoms with Crippen molar-refractivity contribution in [2.75, 3.05) is 19.1 Å².